The second-order valence-corrected chi connectivity index (χ2v) is 8.98. The molecule has 34 heavy (non-hydrogen) atoms. The Morgan fingerprint density at radius 1 is 1.12 bits per heavy atom. The third-order valence-corrected chi connectivity index (χ3v) is 6.78. The van der Waals surface area contributed by atoms with Crippen LogP contribution in [0.15, 0.2) is 54.6 Å². The minimum Gasteiger partial charge on any atom is -0.353 e. The van der Waals surface area contributed by atoms with E-state index in [-0.39, 0.29) is 29.9 Å². The Kier molecular flexibility index (Phi) is 7.23. The molecule has 2 amide bonds. The second-order valence-electron chi connectivity index (χ2n) is 8.98. The van der Waals surface area contributed by atoms with E-state index in [9.17, 15) is 22.8 Å². The summed E-state index contributed by atoms with van der Waals surface area (Å²) >= 11 is 0. The van der Waals surface area contributed by atoms with Crippen molar-refractivity contribution in [3.8, 4) is 0 Å². The van der Waals surface area contributed by atoms with E-state index in [2.05, 4.69) is 15.5 Å². The molecule has 0 aliphatic carbocycles. The molecule has 2 heterocycles. The number of likely N-dealkylation sites (N-methyl/N-ethyl adjacent to an activating group) is 1. The van der Waals surface area contributed by atoms with Gasteiger partial charge < -0.3 is 10.6 Å². The third-order valence-electron chi connectivity index (χ3n) is 6.78. The maximum Gasteiger partial charge on any atom is 0.416 e. The number of halogens is 3. The first kappa shape index (κ1) is 24.2. The van der Waals surface area contributed by atoms with Gasteiger partial charge in [-0.3, -0.25) is 19.4 Å². The number of para-hydroxylation sites is 1. The molecule has 2 N–H and O–H groups in total. The largest absolute Gasteiger partial charge is 0.416 e. The van der Waals surface area contributed by atoms with Gasteiger partial charge in [-0.25, -0.2) is 0 Å². The summed E-state index contributed by atoms with van der Waals surface area (Å²) < 4.78 is 38.5. The Balaban J connectivity index is 1.36. The summed E-state index contributed by atoms with van der Waals surface area (Å²) in [5, 5.41) is 5.90. The van der Waals surface area contributed by atoms with Crippen LogP contribution in [0.5, 0.6) is 0 Å². The van der Waals surface area contributed by atoms with Gasteiger partial charge in [-0.2, -0.15) is 13.2 Å². The fourth-order valence-corrected chi connectivity index (χ4v) is 4.90. The Bertz CT molecular complexity index is 997. The van der Waals surface area contributed by atoms with Crippen molar-refractivity contribution in [1.29, 1.82) is 0 Å². The van der Waals surface area contributed by atoms with Gasteiger partial charge in [0.15, 0.2) is 0 Å². The molecule has 2 fully saturated rings. The van der Waals surface area contributed by atoms with Gasteiger partial charge in [-0.15, -0.1) is 0 Å². The van der Waals surface area contributed by atoms with E-state index >= 15 is 0 Å². The highest BCUT2D eigenvalue weighted by Gasteiger charge is 2.45. The number of nitrogens with zero attached hydrogens (tertiary/aromatic N) is 2. The van der Waals surface area contributed by atoms with Crippen LogP contribution < -0.4 is 10.6 Å². The van der Waals surface area contributed by atoms with Crippen molar-refractivity contribution in [2.24, 2.45) is 0 Å². The molecular formula is C25H29F3N4O2. The predicted octanol–water partition coefficient (Wildman–Crippen LogP) is 3.50. The van der Waals surface area contributed by atoms with Crippen LogP contribution in [0.2, 0.25) is 0 Å². The summed E-state index contributed by atoms with van der Waals surface area (Å²) in [6.45, 7) is 1.54. The average Bonchev–Trinajstić information content (AvgIpc) is 3.17. The Morgan fingerprint density at radius 2 is 1.82 bits per heavy atom. The van der Waals surface area contributed by atoms with E-state index in [0.717, 1.165) is 29.8 Å². The zero-order chi connectivity index (χ0) is 24.3. The molecule has 6 nitrogen and oxygen atoms in total. The number of benzene rings is 2. The highest BCUT2D eigenvalue weighted by molar-refractivity contribution is 5.90. The van der Waals surface area contributed by atoms with E-state index in [1.54, 1.807) is 0 Å². The molecule has 3 atom stereocenters. The van der Waals surface area contributed by atoms with E-state index in [1.807, 2.05) is 42.3 Å². The van der Waals surface area contributed by atoms with E-state index in [0.29, 0.717) is 32.5 Å². The van der Waals surface area contributed by atoms with Gasteiger partial charge in [-0.1, -0.05) is 30.3 Å². The summed E-state index contributed by atoms with van der Waals surface area (Å²) in [4.78, 5) is 29.5. The summed E-state index contributed by atoms with van der Waals surface area (Å²) in [5.74, 6) is -0.139. The smallest absolute Gasteiger partial charge is 0.353 e. The summed E-state index contributed by atoms with van der Waals surface area (Å²) in [5.41, 5.74) is 0.814. The van der Waals surface area contributed by atoms with Crippen molar-refractivity contribution < 1.29 is 22.8 Å². The van der Waals surface area contributed by atoms with E-state index < -0.39 is 11.7 Å². The number of fused-ring (bicyclic) bond motifs is 1. The first-order valence-corrected chi connectivity index (χ1v) is 11.5. The zero-order valence-corrected chi connectivity index (χ0v) is 19.0. The minimum absolute atomic E-state index is 0.0147. The molecule has 2 saturated heterocycles. The van der Waals surface area contributed by atoms with Crippen LogP contribution >= 0.6 is 0 Å². The maximum absolute atomic E-state index is 12.9. The topological polar surface area (TPSA) is 64.7 Å². The van der Waals surface area contributed by atoms with Gasteiger partial charge >= 0.3 is 6.18 Å². The number of rotatable bonds is 6. The molecular weight excluding hydrogens is 445 g/mol. The minimum atomic E-state index is -4.37. The van der Waals surface area contributed by atoms with Crippen LogP contribution in [0.4, 0.5) is 18.9 Å². The maximum atomic E-state index is 12.9. The highest BCUT2D eigenvalue weighted by atomic mass is 19.4. The third kappa shape index (κ3) is 5.59. The lowest BCUT2D eigenvalue weighted by molar-refractivity contribution is -0.137. The number of carbonyl (C=O) groups excluding carboxylic acids is 2. The van der Waals surface area contributed by atoms with E-state index in [1.165, 1.54) is 12.1 Å². The number of hydrogen-bond donors (Lipinski definition) is 2. The SMILES string of the molecule is CN1[C@@H](CCC(=O)Nc2ccccc2)CNC(=O)[C@@H]2[C@@H]1CCN2Cc1ccc(C(F)(F)F)cc1. The molecule has 0 spiro atoms. The number of alkyl halides is 3. The van der Waals surface area contributed by atoms with Gasteiger partial charge in [0.25, 0.3) is 0 Å². The van der Waals surface area contributed by atoms with Crippen molar-refractivity contribution in [1.82, 2.24) is 15.1 Å². The molecule has 0 aromatic heterocycles. The second kappa shape index (κ2) is 10.1. The van der Waals surface area contributed by atoms with Crippen molar-refractivity contribution in [3.05, 3.63) is 65.7 Å². The predicted molar refractivity (Wildman–Crippen MR) is 123 cm³/mol. The van der Waals surface area contributed by atoms with Gasteiger partial charge in [0.2, 0.25) is 11.8 Å². The zero-order valence-electron chi connectivity index (χ0n) is 19.0. The average molecular weight is 475 g/mol. The van der Waals surface area contributed by atoms with Gasteiger partial charge in [0.1, 0.15) is 6.04 Å². The normalized spacial score (nSPS) is 23.8. The molecule has 2 aromatic carbocycles. The van der Waals surface area contributed by atoms with Crippen LogP contribution in [0.1, 0.15) is 30.4 Å². The summed E-state index contributed by atoms with van der Waals surface area (Å²) in [6.07, 6.45) is -2.64. The van der Waals surface area contributed by atoms with Crippen LogP contribution in [0, 0.1) is 0 Å². The van der Waals surface area contributed by atoms with Crippen LogP contribution in [0.25, 0.3) is 0 Å². The van der Waals surface area contributed by atoms with Gasteiger partial charge in [-0.05, 0) is 49.7 Å². The quantitative estimate of drug-likeness (QED) is 0.673. The Hall–Kier alpha value is -2.91. The van der Waals surface area contributed by atoms with Gasteiger partial charge in [0, 0.05) is 43.8 Å². The Morgan fingerprint density at radius 3 is 2.50 bits per heavy atom. The molecule has 0 bridgehead atoms. The van der Waals surface area contributed by atoms with Crippen molar-refractivity contribution in [2.75, 3.05) is 25.5 Å². The molecule has 2 aromatic rings. The molecule has 2 aliphatic rings. The lowest BCUT2D eigenvalue weighted by Gasteiger charge is -2.33. The molecule has 0 unspecified atom stereocenters. The first-order valence-electron chi connectivity index (χ1n) is 11.5. The Labute approximate surface area is 197 Å². The van der Waals surface area contributed by atoms with Crippen LogP contribution in [-0.4, -0.2) is 59.9 Å². The molecule has 0 saturated carbocycles. The molecule has 4 rings (SSSR count). The number of carbonyl (C=O) groups is 2. The number of nitrogens with one attached hydrogen (secondary N) is 2. The molecule has 182 valence electrons. The fourth-order valence-electron chi connectivity index (χ4n) is 4.90. The molecule has 9 heteroatoms. The van der Waals surface area contributed by atoms with Crippen LogP contribution in [0.3, 0.4) is 0 Å². The summed E-state index contributed by atoms with van der Waals surface area (Å²) in [7, 11) is 1.99. The lowest BCUT2D eigenvalue weighted by Crippen LogP contribution is -2.49. The number of amides is 2. The highest BCUT2D eigenvalue weighted by Crippen LogP contribution is 2.31. The summed E-state index contributed by atoms with van der Waals surface area (Å²) in [6, 6.07) is 14.0. The van der Waals surface area contributed by atoms with Gasteiger partial charge in [0.05, 0.1) is 5.56 Å². The van der Waals surface area contributed by atoms with Crippen molar-refractivity contribution >= 4 is 17.5 Å². The lowest BCUT2D eigenvalue weighted by atomic mass is 10.0. The molecule has 2 aliphatic heterocycles. The number of likely N-dealkylation sites (tertiary alicyclic amines) is 1. The van der Waals surface area contributed by atoms with Crippen LogP contribution in [-0.2, 0) is 22.3 Å². The van der Waals surface area contributed by atoms with E-state index in [4.69, 9.17) is 0 Å². The number of hydrogen-bond acceptors (Lipinski definition) is 4. The van der Waals surface area contributed by atoms with Crippen molar-refractivity contribution in [2.45, 2.75) is 50.1 Å². The van der Waals surface area contributed by atoms with Crippen molar-refractivity contribution in [3.63, 3.8) is 0 Å². The number of anilines is 1. The molecule has 0 radical (unpaired) electrons. The fraction of sp³-hybridized carbons (Fsp3) is 0.440. The standard InChI is InChI=1S/C25H29F3N4O2/c1-31-20(11-12-22(33)30-19-5-3-2-4-6-19)15-29-24(34)23-21(31)13-14-32(23)16-17-7-9-18(10-8-17)25(26,27)28/h2-10,20-21,23H,11-16H2,1H3,(H,29,34)(H,30,33)/t20-,21-,23-/m0/s1. The first-order chi connectivity index (χ1) is 16.2. The monoisotopic (exact) mass is 474 g/mol.